The van der Waals surface area contributed by atoms with Crippen molar-refractivity contribution in [3.05, 3.63) is 41.2 Å². The van der Waals surface area contributed by atoms with E-state index in [4.69, 9.17) is 0 Å². The second-order valence-corrected chi connectivity index (χ2v) is 4.62. The van der Waals surface area contributed by atoms with Crippen LogP contribution in [0.3, 0.4) is 0 Å². The summed E-state index contributed by atoms with van der Waals surface area (Å²) in [5, 5.41) is 3.87. The number of nitrogens with one attached hydrogen (secondary N) is 1. The predicted molar refractivity (Wildman–Crippen MR) is 65.0 cm³/mol. The maximum atomic E-state index is 13.5. The van der Waals surface area contributed by atoms with Crippen LogP contribution in [0.25, 0.3) is 10.6 Å². The van der Waals surface area contributed by atoms with Crippen molar-refractivity contribution in [2.24, 2.45) is 0 Å². The van der Waals surface area contributed by atoms with E-state index in [1.165, 1.54) is 17.4 Å². The molecular weight excluding hydrogens is 223 g/mol. The first-order valence-electron chi connectivity index (χ1n) is 5.10. The van der Waals surface area contributed by atoms with Gasteiger partial charge >= 0.3 is 0 Å². The van der Waals surface area contributed by atoms with Crippen LogP contribution in [-0.4, -0.2) is 12.0 Å². The second-order valence-electron chi connectivity index (χ2n) is 3.56. The summed E-state index contributed by atoms with van der Waals surface area (Å²) in [4.78, 5) is 5.37. The molecule has 16 heavy (non-hydrogen) atoms. The maximum Gasteiger partial charge on any atom is 0.133 e. The standard InChI is InChI=1S/C12H13FN2S/c1-8(14-2)11-7-15-12(16-11)9-5-3-4-6-10(9)13/h3-8,14H,1-2H3. The van der Waals surface area contributed by atoms with Crippen LogP contribution in [0.4, 0.5) is 4.39 Å². The molecule has 1 N–H and O–H groups in total. The van der Waals surface area contributed by atoms with Gasteiger partial charge in [-0.2, -0.15) is 0 Å². The summed E-state index contributed by atoms with van der Waals surface area (Å²) in [7, 11) is 1.90. The number of aromatic nitrogens is 1. The molecule has 0 spiro atoms. The molecule has 0 aliphatic heterocycles. The molecule has 0 aliphatic rings. The largest absolute Gasteiger partial charge is 0.312 e. The smallest absolute Gasteiger partial charge is 0.133 e. The third-order valence-electron chi connectivity index (χ3n) is 2.49. The Morgan fingerprint density at radius 1 is 1.38 bits per heavy atom. The fourth-order valence-electron chi connectivity index (χ4n) is 1.39. The Kier molecular flexibility index (Phi) is 3.31. The average Bonchev–Trinajstić information content (AvgIpc) is 2.78. The number of hydrogen-bond donors (Lipinski definition) is 1. The minimum absolute atomic E-state index is 0.222. The molecule has 4 heteroatoms. The highest BCUT2D eigenvalue weighted by atomic mass is 32.1. The van der Waals surface area contributed by atoms with E-state index in [2.05, 4.69) is 17.2 Å². The number of hydrogen-bond acceptors (Lipinski definition) is 3. The molecular formula is C12H13FN2S. The van der Waals surface area contributed by atoms with Crippen molar-refractivity contribution >= 4 is 11.3 Å². The van der Waals surface area contributed by atoms with Gasteiger partial charge in [-0.05, 0) is 26.1 Å². The third kappa shape index (κ3) is 2.13. The number of nitrogens with zero attached hydrogens (tertiary/aromatic N) is 1. The van der Waals surface area contributed by atoms with Gasteiger partial charge in [0.1, 0.15) is 10.8 Å². The lowest BCUT2D eigenvalue weighted by Crippen LogP contribution is -2.10. The molecule has 1 aromatic heterocycles. The molecule has 0 saturated carbocycles. The molecule has 2 aromatic rings. The highest BCUT2D eigenvalue weighted by Gasteiger charge is 2.11. The molecule has 0 aliphatic carbocycles. The van der Waals surface area contributed by atoms with Gasteiger partial charge in [-0.25, -0.2) is 9.37 Å². The maximum absolute atomic E-state index is 13.5. The quantitative estimate of drug-likeness (QED) is 0.885. The Morgan fingerprint density at radius 3 is 2.81 bits per heavy atom. The van der Waals surface area contributed by atoms with Gasteiger partial charge in [-0.15, -0.1) is 11.3 Å². The average molecular weight is 236 g/mol. The molecule has 1 heterocycles. The number of halogens is 1. The number of thiazole rings is 1. The van der Waals surface area contributed by atoms with Crippen LogP contribution in [0.2, 0.25) is 0 Å². The van der Waals surface area contributed by atoms with Crippen molar-refractivity contribution in [1.82, 2.24) is 10.3 Å². The zero-order chi connectivity index (χ0) is 11.5. The van der Waals surface area contributed by atoms with Crippen LogP contribution < -0.4 is 5.32 Å². The van der Waals surface area contributed by atoms with Gasteiger partial charge in [0, 0.05) is 22.7 Å². The lowest BCUT2D eigenvalue weighted by atomic mass is 10.2. The fraction of sp³-hybridized carbons (Fsp3) is 0.250. The highest BCUT2D eigenvalue weighted by Crippen LogP contribution is 2.29. The topological polar surface area (TPSA) is 24.9 Å². The Hall–Kier alpha value is -1.26. The lowest BCUT2D eigenvalue weighted by molar-refractivity contribution is 0.631. The van der Waals surface area contributed by atoms with Crippen LogP contribution in [0, 0.1) is 5.82 Å². The molecule has 2 rings (SSSR count). The van der Waals surface area contributed by atoms with Gasteiger partial charge in [0.25, 0.3) is 0 Å². The van der Waals surface area contributed by atoms with Gasteiger partial charge in [0.2, 0.25) is 0 Å². The van der Waals surface area contributed by atoms with E-state index in [1.54, 1.807) is 18.3 Å². The zero-order valence-corrected chi connectivity index (χ0v) is 10.0. The van der Waals surface area contributed by atoms with Crippen LogP contribution >= 0.6 is 11.3 Å². The molecule has 0 amide bonds. The molecule has 0 bridgehead atoms. The van der Waals surface area contributed by atoms with E-state index in [-0.39, 0.29) is 11.9 Å². The van der Waals surface area contributed by atoms with E-state index in [0.717, 1.165) is 9.88 Å². The van der Waals surface area contributed by atoms with Gasteiger partial charge in [-0.3, -0.25) is 0 Å². The summed E-state index contributed by atoms with van der Waals surface area (Å²) in [5.74, 6) is -0.222. The third-order valence-corrected chi connectivity index (χ3v) is 3.70. The highest BCUT2D eigenvalue weighted by molar-refractivity contribution is 7.15. The van der Waals surface area contributed by atoms with Crippen molar-refractivity contribution in [2.75, 3.05) is 7.05 Å². The summed E-state index contributed by atoms with van der Waals surface area (Å²) in [5.41, 5.74) is 0.571. The van der Waals surface area contributed by atoms with Crippen molar-refractivity contribution < 1.29 is 4.39 Å². The minimum atomic E-state index is -0.222. The van der Waals surface area contributed by atoms with Gasteiger partial charge in [0.15, 0.2) is 0 Å². The van der Waals surface area contributed by atoms with E-state index in [0.29, 0.717) is 5.56 Å². The Bertz CT molecular complexity index is 481. The van der Waals surface area contributed by atoms with Crippen LogP contribution in [-0.2, 0) is 0 Å². The summed E-state index contributed by atoms with van der Waals surface area (Å²) in [6.45, 7) is 2.05. The van der Waals surface area contributed by atoms with Crippen molar-refractivity contribution in [3.63, 3.8) is 0 Å². The van der Waals surface area contributed by atoms with Gasteiger partial charge in [-0.1, -0.05) is 12.1 Å². The first kappa shape index (κ1) is 11.2. The Morgan fingerprint density at radius 2 is 2.12 bits per heavy atom. The fourth-order valence-corrected chi connectivity index (χ4v) is 2.39. The van der Waals surface area contributed by atoms with Gasteiger partial charge in [0.05, 0.1) is 0 Å². The van der Waals surface area contributed by atoms with Gasteiger partial charge < -0.3 is 5.32 Å². The molecule has 0 radical (unpaired) electrons. The molecule has 84 valence electrons. The second kappa shape index (κ2) is 4.72. The predicted octanol–water partition coefficient (Wildman–Crippen LogP) is 3.23. The minimum Gasteiger partial charge on any atom is -0.312 e. The molecule has 0 saturated heterocycles. The summed E-state index contributed by atoms with van der Waals surface area (Å²) in [6.07, 6.45) is 1.80. The van der Waals surface area contributed by atoms with Crippen molar-refractivity contribution in [1.29, 1.82) is 0 Å². The normalized spacial score (nSPS) is 12.7. The van der Waals surface area contributed by atoms with Crippen molar-refractivity contribution in [2.45, 2.75) is 13.0 Å². The molecule has 0 fully saturated rings. The number of benzene rings is 1. The van der Waals surface area contributed by atoms with E-state index in [9.17, 15) is 4.39 Å². The zero-order valence-electron chi connectivity index (χ0n) is 9.20. The van der Waals surface area contributed by atoms with E-state index < -0.39 is 0 Å². The van der Waals surface area contributed by atoms with Crippen LogP contribution in [0.5, 0.6) is 0 Å². The molecule has 2 nitrogen and oxygen atoms in total. The molecule has 1 aromatic carbocycles. The Balaban J connectivity index is 2.35. The Labute approximate surface area is 98.2 Å². The summed E-state index contributed by atoms with van der Waals surface area (Å²) in [6, 6.07) is 6.96. The van der Waals surface area contributed by atoms with Crippen LogP contribution in [0.15, 0.2) is 30.5 Å². The monoisotopic (exact) mass is 236 g/mol. The van der Waals surface area contributed by atoms with E-state index in [1.807, 2.05) is 13.1 Å². The van der Waals surface area contributed by atoms with E-state index >= 15 is 0 Å². The summed E-state index contributed by atoms with van der Waals surface area (Å²) < 4.78 is 13.5. The summed E-state index contributed by atoms with van der Waals surface area (Å²) >= 11 is 1.52. The molecule has 1 atom stereocenters. The molecule has 1 unspecified atom stereocenters. The first-order chi connectivity index (χ1) is 7.72. The van der Waals surface area contributed by atoms with Crippen molar-refractivity contribution in [3.8, 4) is 10.6 Å². The lowest BCUT2D eigenvalue weighted by Gasteiger charge is -2.04. The SMILES string of the molecule is CNC(C)c1cnc(-c2ccccc2F)s1. The van der Waals surface area contributed by atoms with Crippen LogP contribution in [0.1, 0.15) is 17.8 Å². The number of rotatable bonds is 3. The first-order valence-corrected chi connectivity index (χ1v) is 5.92.